The first-order chi connectivity index (χ1) is 11.2. The fourth-order valence-corrected chi connectivity index (χ4v) is 2.70. The second-order valence-electron chi connectivity index (χ2n) is 5.39. The number of ether oxygens (including phenoxy) is 1. The fourth-order valence-electron chi connectivity index (χ4n) is 2.70. The van der Waals surface area contributed by atoms with Crippen molar-refractivity contribution in [3.63, 3.8) is 0 Å². The number of hydrogen-bond donors (Lipinski definition) is 1. The van der Waals surface area contributed by atoms with Crippen LogP contribution >= 0.6 is 0 Å². The second kappa shape index (κ2) is 6.74. The van der Waals surface area contributed by atoms with E-state index in [-0.39, 0.29) is 12.3 Å². The zero-order valence-corrected chi connectivity index (χ0v) is 13.0. The van der Waals surface area contributed by atoms with Crippen LogP contribution in [0.1, 0.15) is 30.1 Å². The van der Waals surface area contributed by atoms with Crippen molar-refractivity contribution in [2.75, 3.05) is 24.6 Å². The molecule has 2 aromatic rings. The number of rotatable bonds is 6. The van der Waals surface area contributed by atoms with Crippen molar-refractivity contribution >= 4 is 11.7 Å². The maximum absolute atomic E-state index is 11.4. The van der Waals surface area contributed by atoms with Crippen LogP contribution in [0.25, 0.3) is 11.4 Å². The van der Waals surface area contributed by atoms with Crippen LogP contribution in [-0.2, 0) is 11.5 Å². The lowest BCUT2D eigenvalue weighted by Crippen LogP contribution is -2.18. The minimum Gasteiger partial charge on any atom is -0.478 e. The molecular weight excluding hydrogens is 298 g/mol. The Morgan fingerprint density at radius 3 is 2.78 bits per heavy atom. The Kier molecular flexibility index (Phi) is 4.52. The summed E-state index contributed by atoms with van der Waals surface area (Å²) in [4.78, 5) is 13.6. The molecule has 0 spiro atoms. The van der Waals surface area contributed by atoms with Crippen LogP contribution in [-0.4, -0.2) is 51.0 Å². The van der Waals surface area contributed by atoms with Gasteiger partial charge in [-0.1, -0.05) is 0 Å². The molecule has 1 saturated heterocycles. The van der Waals surface area contributed by atoms with Gasteiger partial charge in [0.05, 0.1) is 5.56 Å². The van der Waals surface area contributed by atoms with E-state index in [2.05, 4.69) is 20.4 Å². The molecule has 122 valence electrons. The maximum Gasteiger partial charge on any atom is 0.335 e. The predicted octanol–water partition coefficient (Wildman–Crippen LogP) is 1.63. The van der Waals surface area contributed by atoms with Crippen molar-refractivity contribution in [2.45, 2.75) is 26.5 Å². The zero-order valence-electron chi connectivity index (χ0n) is 13.0. The summed E-state index contributed by atoms with van der Waals surface area (Å²) in [5.41, 5.74) is 1.80. The summed E-state index contributed by atoms with van der Waals surface area (Å²) >= 11 is 0. The molecule has 0 unspecified atom stereocenters. The Labute approximate surface area is 133 Å². The Morgan fingerprint density at radius 1 is 1.30 bits per heavy atom. The van der Waals surface area contributed by atoms with Gasteiger partial charge in [0.15, 0.2) is 5.82 Å². The van der Waals surface area contributed by atoms with Gasteiger partial charge in [-0.3, -0.25) is 0 Å². The summed E-state index contributed by atoms with van der Waals surface area (Å²) in [7, 11) is 0. The first kappa shape index (κ1) is 15.4. The van der Waals surface area contributed by atoms with Crippen molar-refractivity contribution in [3.8, 4) is 11.4 Å². The number of tetrazole rings is 1. The van der Waals surface area contributed by atoms with Gasteiger partial charge in [0.1, 0.15) is 6.73 Å². The molecule has 1 aliphatic rings. The molecule has 1 aromatic heterocycles. The highest BCUT2D eigenvalue weighted by molar-refractivity contribution is 5.91. The normalized spacial score (nSPS) is 14.4. The number of anilines is 1. The molecule has 1 aliphatic heterocycles. The Hall–Kier alpha value is -2.48. The smallest absolute Gasteiger partial charge is 0.335 e. The van der Waals surface area contributed by atoms with E-state index in [1.807, 2.05) is 13.0 Å². The molecule has 0 aliphatic carbocycles. The number of carboxylic acid groups (broad SMARTS) is 1. The highest BCUT2D eigenvalue weighted by Gasteiger charge is 2.18. The van der Waals surface area contributed by atoms with Gasteiger partial charge in [-0.2, -0.15) is 4.68 Å². The fraction of sp³-hybridized carbons (Fsp3) is 0.467. The van der Waals surface area contributed by atoms with Crippen LogP contribution in [0.2, 0.25) is 0 Å². The number of benzene rings is 1. The monoisotopic (exact) mass is 317 g/mol. The Bertz CT molecular complexity index is 694. The number of aromatic nitrogens is 4. The number of carboxylic acids is 1. The first-order valence-corrected chi connectivity index (χ1v) is 7.66. The van der Waals surface area contributed by atoms with E-state index in [1.165, 1.54) is 4.68 Å². The summed E-state index contributed by atoms with van der Waals surface area (Å²) in [6, 6.07) is 5.23. The topological polar surface area (TPSA) is 93.4 Å². The van der Waals surface area contributed by atoms with Crippen LogP contribution in [0.15, 0.2) is 18.2 Å². The van der Waals surface area contributed by atoms with Crippen molar-refractivity contribution in [1.29, 1.82) is 0 Å². The SMILES string of the molecule is CCOCn1nnnc1-c1cc(C(=O)O)cc(N2CCCC2)c1. The quantitative estimate of drug-likeness (QED) is 0.865. The molecule has 0 radical (unpaired) electrons. The molecule has 0 atom stereocenters. The Morgan fingerprint density at radius 2 is 2.09 bits per heavy atom. The highest BCUT2D eigenvalue weighted by atomic mass is 16.5. The minimum absolute atomic E-state index is 0.231. The van der Waals surface area contributed by atoms with Crippen molar-refractivity contribution in [3.05, 3.63) is 23.8 Å². The van der Waals surface area contributed by atoms with Gasteiger partial charge in [-0.15, -0.1) is 5.10 Å². The summed E-state index contributed by atoms with van der Waals surface area (Å²) < 4.78 is 6.87. The van der Waals surface area contributed by atoms with Gasteiger partial charge in [-0.25, -0.2) is 4.79 Å². The van der Waals surface area contributed by atoms with Crippen molar-refractivity contribution in [1.82, 2.24) is 20.2 Å². The van der Waals surface area contributed by atoms with Gasteiger partial charge >= 0.3 is 5.97 Å². The third-order valence-electron chi connectivity index (χ3n) is 3.84. The molecule has 0 saturated carbocycles. The standard InChI is InChI=1S/C15H19N5O3/c1-2-23-10-20-14(16-17-18-20)11-7-12(15(21)22)9-13(8-11)19-5-3-4-6-19/h7-9H,2-6,10H2,1H3,(H,21,22). The van der Waals surface area contributed by atoms with Crippen LogP contribution in [0.3, 0.4) is 0 Å². The van der Waals surface area contributed by atoms with Crippen LogP contribution in [0.4, 0.5) is 5.69 Å². The number of hydrogen-bond acceptors (Lipinski definition) is 6. The second-order valence-corrected chi connectivity index (χ2v) is 5.39. The largest absolute Gasteiger partial charge is 0.478 e. The summed E-state index contributed by atoms with van der Waals surface area (Å²) in [6.45, 7) is 4.54. The predicted molar refractivity (Wildman–Crippen MR) is 83.3 cm³/mol. The molecule has 1 aromatic carbocycles. The third-order valence-corrected chi connectivity index (χ3v) is 3.84. The maximum atomic E-state index is 11.4. The highest BCUT2D eigenvalue weighted by Crippen LogP contribution is 2.28. The van der Waals surface area contributed by atoms with Gasteiger partial charge in [0.25, 0.3) is 0 Å². The summed E-state index contributed by atoms with van der Waals surface area (Å²) in [5, 5.41) is 21.0. The average molecular weight is 317 g/mol. The first-order valence-electron chi connectivity index (χ1n) is 7.66. The zero-order chi connectivity index (χ0) is 16.2. The van der Waals surface area contributed by atoms with E-state index in [4.69, 9.17) is 4.74 Å². The third kappa shape index (κ3) is 3.31. The van der Waals surface area contributed by atoms with Crippen molar-refractivity contribution < 1.29 is 14.6 Å². The molecule has 1 N–H and O–H groups in total. The van der Waals surface area contributed by atoms with Crippen LogP contribution < -0.4 is 4.90 Å². The van der Waals surface area contributed by atoms with Crippen LogP contribution in [0.5, 0.6) is 0 Å². The minimum atomic E-state index is -0.962. The molecule has 8 heteroatoms. The van der Waals surface area contributed by atoms with Gasteiger partial charge in [-0.05, 0) is 48.4 Å². The van der Waals surface area contributed by atoms with E-state index in [1.54, 1.807) is 12.1 Å². The number of nitrogens with zero attached hydrogens (tertiary/aromatic N) is 5. The molecular formula is C15H19N5O3. The van der Waals surface area contributed by atoms with E-state index >= 15 is 0 Å². The molecule has 8 nitrogen and oxygen atoms in total. The molecule has 3 rings (SSSR count). The molecule has 0 bridgehead atoms. The number of aromatic carboxylic acids is 1. The van der Waals surface area contributed by atoms with Crippen molar-refractivity contribution in [2.24, 2.45) is 0 Å². The lowest BCUT2D eigenvalue weighted by atomic mass is 10.1. The lowest BCUT2D eigenvalue weighted by Gasteiger charge is -2.19. The van der Waals surface area contributed by atoms with E-state index in [0.717, 1.165) is 31.6 Å². The Balaban J connectivity index is 2.00. The van der Waals surface area contributed by atoms with E-state index in [0.29, 0.717) is 18.0 Å². The van der Waals surface area contributed by atoms with Crippen LogP contribution in [0, 0.1) is 0 Å². The van der Waals surface area contributed by atoms with Gasteiger partial charge in [0.2, 0.25) is 0 Å². The average Bonchev–Trinajstić information content (AvgIpc) is 3.23. The summed E-state index contributed by atoms with van der Waals surface area (Å²) in [5.74, 6) is -0.460. The van der Waals surface area contributed by atoms with E-state index < -0.39 is 5.97 Å². The number of carbonyl (C=O) groups is 1. The molecule has 23 heavy (non-hydrogen) atoms. The molecule has 1 fully saturated rings. The van der Waals surface area contributed by atoms with E-state index in [9.17, 15) is 9.90 Å². The molecule has 2 heterocycles. The van der Waals surface area contributed by atoms with Gasteiger partial charge in [0, 0.05) is 30.9 Å². The lowest BCUT2D eigenvalue weighted by molar-refractivity contribution is 0.0697. The van der Waals surface area contributed by atoms with Gasteiger partial charge < -0.3 is 14.7 Å². The molecule has 0 amide bonds. The summed E-state index contributed by atoms with van der Waals surface area (Å²) in [6.07, 6.45) is 2.24.